The molecule has 3 aromatic rings. The van der Waals surface area contributed by atoms with Gasteiger partial charge in [0.2, 0.25) is 5.03 Å². The number of fused-ring (bicyclic) bond motifs is 1. The Labute approximate surface area is 124 Å². The normalized spacial score (nSPS) is 11.9. The van der Waals surface area contributed by atoms with Crippen LogP contribution in [0.4, 0.5) is 5.82 Å². The van der Waals surface area contributed by atoms with E-state index in [1.54, 1.807) is 36.0 Å². The van der Waals surface area contributed by atoms with Crippen LogP contribution in [0.3, 0.4) is 0 Å². The van der Waals surface area contributed by atoms with Gasteiger partial charge in [-0.05, 0) is 12.1 Å². The van der Waals surface area contributed by atoms with Crippen LogP contribution in [0.25, 0.3) is 4.96 Å². The number of hydrogen-bond donors (Lipinski definition) is 3. The highest BCUT2D eigenvalue weighted by atomic mass is 32.2. The third-order valence-corrected chi connectivity index (χ3v) is 4.96. The Morgan fingerprint density at radius 3 is 2.95 bits per heavy atom. The largest absolute Gasteiger partial charge is 0.306 e. The molecule has 3 aromatic heterocycles. The molecule has 0 aliphatic rings. The number of thiazole rings is 1. The molecule has 10 heteroatoms. The van der Waals surface area contributed by atoms with Gasteiger partial charge in [0.15, 0.2) is 10.8 Å². The number of hydrogen-bond acceptors (Lipinski definition) is 7. The maximum atomic E-state index is 12.5. The summed E-state index contributed by atoms with van der Waals surface area (Å²) in [6.45, 7) is 0.0879. The first-order valence-corrected chi connectivity index (χ1v) is 8.30. The van der Waals surface area contributed by atoms with Crippen LogP contribution in [0, 0.1) is 0 Å². The van der Waals surface area contributed by atoms with Gasteiger partial charge in [-0.15, -0.1) is 11.3 Å². The molecule has 0 aromatic carbocycles. The van der Waals surface area contributed by atoms with Crippen molar-refractivity contribution in [3.05, 3.63) is 41.7 Å². The Kier molecular flexibility index (Phi) is 3.59. The number of imidazole rings is 1. The van der Waals surface area contributed by atoms with E-state index >= 15 is 0 Å². The van der Waals surface area contributed by atoms with E-state index in [0.29, 0.717) is 10.7 Å². The molecule has 0 spiro atoms. The Morgan fingerprint density at radius 1 is 1.38 bits per heavy atom. The van der Waals surface area contributed by atoms with Crippen molar-refractivity contribution in [1.82, 2.24) is 19.1 Å². The third-order valence-electron chi connectivity index (χ3n) is 2.78. The van der Waals surface area contributed by atoms with Crippen molar-refractivity contribution in [1.29, 1.82) is 0 Å². The second-order valence-electron chi connectivity index (χ2n) is 4.11. The zero-order chi connectivity index (χ0) is 14.9. The predicted molar refractivity (Wildman–Crippen MR) is 79.1 cm³/mol. The molecule has 0 radical (unpaired) electrons. The quantitative estimate of drug-likeness (QED) is 0.466. The van der Waals surface area contributed by atoms with Gasteiger partial charge in [-0.25, -0.2) is 19.0 Å². The number of nitrogens with zero attached hydrogens (tertiary/aromatic N) is 3. The molecule has 0 aliphatic carbocycles. The maximum absolute atomic E-state index is 12.5. The number of rotatable bonds is 5. The first-order valence-electron chi connectivity index (χ1n) is 5.93. The van der Waals surface area contributed by atoms with E-state index in [-0.39, 0.29) is 17.4 Å². The molecule has 0 aliphatic heterocycles. The number of nitrogens with one attached hydrogen (secondary N) is 2. The van der Waals surface area contributed by atoms with Gasteiger partial charge in [0.25, 0.3) is 10.0 Å². The van der Waals surface area contributed by atoms with Gasteiger partial charge in [0, 0.05) is 17.8 Å². The fourth-order valence-electron chi connectivity index (χ4n) is 1.86. The van der Waals surface area contributed by atoms with Crippen molar-refractivity contribution in [3.63, 3.8) is 0 Å². The summed E-state index contributed by atoms with van der Waals surface area (Å²) < 4.78 is 28.9. The second-order valence-corrected chi connectivity index (χ2v) is 6.67. The van der Waals surface area contributed by atoms with Crippen LogP contribution in [0.15, 0.2) is 41.0 Å². The standard InChI is InChI=1S/C11H12N6O2S2/c12-16-9-10(17-5-6-20-11(17)15-9)21(18,19)14-7-8-3-1-2-4-13-8/h1-6,14,16H,7,12H2. The topological polar surface area (TPSA) is 114 Å². The summed E-state index contributed by atoms with van der Waals surface area (Å²) in [5.74, 6) is 5.46. The van der Waals surface area contributed by atoms with Gasteiger partial charge in [-0.1, -0.05) is 6.07 Å². The summed E-state index contributed by atoms with van der Waals surface area (Å²) in [7, 11) is -3.78. The van der Waals surface area contributed by atoms with Gasteiger partial charge in [-0.3, -0.25) is 9.38 Å². The van der Waals surface area contributed by atoms with E-state index in [1.165, 1.54) is 15.7 Å². The molecule has 0 fully saturated rings. The fourth-order valence-corrected chi connectivity index (χ4v) is 3.87. The van der Waals surface area contributed by atoms with E-state index in [0.717, 1.165) is 0 Å². The minimum atomic E-state index is -3.78. The highest BCUT2D eigenvalue weighted by Crippen LogP contribution is 2.24. The molecule has 3 rings (SSSR count). The fraction of sp³-hybridized carbons (Fsp3) is 0.0909. The number of anilines is 1. The summed E-state index contributed by atoms with van der Waals surface area (Å²) in [6.07, 6.45) is 3.23. The van der Waals surface area contributed by atoms with Gasteiger partial charge in [0.05, 0.1) is 12.2 Å². The average Bonchev–Trinajstić information content (AvgIpc) is 3.06. The molecule has 0 bridgehead atoms. The molecule has 4 N–H and O–H groups in total. The lowest BCUT2D eigenvalue weighted by atomic mass is 10.4. The van der Waals surface area contributed by atoms with Crippen molar-refractivity contribution >= 4 is 32.1 Å². The molecular weight excluding hydrogens is 312 g/mol. The third kappa shape index (κ3) is 2.61. The molecule has 0 saturated carbocycles. The number of nitrogen functional groups attached to an aromatic ring is 1. The molecule has 110 valence electrons. The first kappa shape index (κ1) is 13.9. The smallest absolute Gasteiger partial charge is 0.260 e. The SMILES string of the molecule is NNc1nc2sccn2c1S(=O)(=O)NCc1ccccn1. The summed E-state index contributed by atoms with van der Waals surface area (Å²) >= 11 is 1.32. The van der Waals surface area contributed by atoms with E-state index in [4.69, 9.17) is 5.84 Å². The number of nitrogens with two attached hydrogens (primary N) is 1. The lowest BCUT2D eigenvalue weighted by molar-refractivity contribution is 0.576. The van der Waals surface area contributed by atoms with Crippen molar-refractivity contribution in [2.75, 3.05) is 5.43 Å². The molecule has 3 heterocycles. The Hall–Kier alpha value is -2.01. The zero-order valence-corrected chi connectivity index (χ0v) is 12.4. The first-order chi connectivity index (χ1) is 10.1. The average molecular weight is 324 g/mol. The van der Waals surface area contributed by atoms with Gasteiger partial charge < -0.3 is 5.43 Å². The number of hydrazine groups is 1. The van der Waals surface area contributed by atoms with Crippen LogP contribution < -0.4 is 16.0 Å². The summed E-state index contributed by atoms with van der Waals surface area (Å²) in [6, 6.07) is 5.29. The minimum Gasteiger partial charge on any atom is -0.306 e. The minimum absolute atomic E-state index is 0.0165. The highest BCUT2D eigenvalue weighted by Gasteiger charge is 2.25. The molecule has 8 nitrogen and oxygen atoms in total. The van der Waals surface area contributed by atoms with Crippen molar-refractivity contribution < 1.29 is 8.42 Å². The Balaban J connectivity index is 1.94. The molecule has 0 amide bonds. The van der Waals surface area contributed by atoms with Crippen LogP contribution in [0.2, 0.25) is 0 Å². The number of sulfonamides is 1. The van der Waals surface area contributed by atoms with E-state index in [9.17, 15) is 8.42 Å². The highest BCUT2D eigenvalue weighted by molar-refractivity contribution is 7.89. The van der Waals surface area contributed by atoms with Gasteiger partial charge in [-0.2, -0.15) is 4.98 Å². The monoisotopic (exact) mass is 324 g/mol. The van der Waals surface area contributed by atoms with Crippen molar-refractivity contribution in [2.24, 2.45) is 5.84 Å². The summed E-state index contributed by atoms with van der Waals surface area (Å²) in [5.41, 5.74) is 2.94. The summed E-state index contributed by atoms with van der Waals surface area (Å²) in [4.78, 5) is 8.74. The lowest BCUT2D eigenvalue weighted by Crippen LogP contribution is -2.26. The van der Waals surface area contributed by atoms with E-state index in [2.05, 4.69) is 20.1 Å². The van der Waals surface area contributed by atoms with E-state index in [1.807, 2.05) is 0 Å². The molecule has 0 unspecified atom stereocenters. The number of pyridine rings is 1. The summed E-state index contributed by atoms with van der Waals surface area (Å²) in [5, 5.41) is 1.73. The van der Waals surface area contributed by atoms with Crippen LogP contribution in [-0.2, 0) is 16.6 Å². The lowest BCUT2D eigenvalue weighted by Gasteiger charge is -2.07. The molecular formula is C11H12N6O2S2. The van der Waals surface area contributed by atoms with Crippen LogP contribution in [0.1, 0.15) is 5.69 Å². The van der Waals surface area contributed by atoms with Gasteiger partial charge >= 0.3 is 0 Å². The molecule has 21 heavy (non-hydrogen) atoms. The molecule has 0 atom stereocenters. The van der Waals surface area contributed by atoms with E-state index < -0.39 is 10.0 Å². The zero-order valence-electron chi connectivity index (χ0n) is 10.7. The maximum Gasteiger partial charge on any atom is 0.260 e. The Morgan fingerprint density at radius 2 is 2.24 bits per heavy atom. The van der Waals surface area contributed by atoms with Crippen LogP contribution in [0.5, 0.6) is 0 Å². The van der Waals surface area contributed by atoms with Crippen LogP contribution >= 0.6 is 11.3 Å². The Bertz CT molecular complexity index is 855. The van der Waals surface area contributed by atoms with Gasteiger partial charge in [0.1, 0.15) is 0 Å². The van der Waals surface area contributed by atoms with Crippen molar-refractivity contribution in [2.45, 2.75) is 11.6 Å². The second kappa shape index (κ2) is 5.41. The molecule has 0 saturated heterocycles. The van der Waals surface area contributed by atoms with Crippen molar-refractivity contribution in [3.8, 4) is 0 Å². The number of aromatic nitrogens is 3. The van der Waals surface area contributed by atoms with Crippen LogP contribution in [-0.4, -0.2) is 22.8 Å². The predicted octanol–water partition coefficient (Wildman–Crippen LogP) is 0.555.